The van der Waals surface area contributed by atoms with Crippen LogP contribution in [0.1, 0.15) is 29.5 Å². The lowest BCUT2D eigenvalue weighted by Gasteiger charge is -2.18. The molecule has 0 aliphatic rings. The summed E-state index contributed by atoms with van der Waals surface area (Å²) in [5, 5.41) is 16.4. The van der Waals surface area contributed by atoms with Gasteiger partial charge in [0.1, 0.15) is 0 Å². The Hall–Kier alpha value is -3.12. The minimum absolute atomic E-state index is 0.0264. The Morgan fingerprint density at radius 1 is 1.10 bits per heavy atom. The maximum Gasteiger partial charge on any atom is 0.191 e. The van der Waals surface area contributed by atoms with E-state index in [0.717, 1.165) is 30.2 Å². The molecule has 0 amide bonds. The van der Waals surface area contributed by atoms with E-state index in [1.807, 2.05) is 54.3 Å². The van der Waals surface area contributed by atoms with Crippen molar-refractivity contribution in [2.24, 2.45) is 4.99 Å². The Morgan fingerprint density at radius 2 is 1.93 bits per heavy atom. The number of imidazole rings is 1. The lowest BCUT2D eigenvalue weighted by molar-refractivity contribution is 0.265. The van der Waals surface area contributed by atoms with E-state index in [1.165, 1.54) is 5.56 Å². The minimum Gasteiger partial charge on any atom is -0.396 e. The second-order valence-electron chi connectivity index (χ2n) is 6.92. The normalized spacial score (nSPS) is 12.6. The van der Waals surface area contributed by atoms with Crippen LogP contribution >= 0.6 is 0 Å². The summed E-state index contributed by atoms with van der Waals surface area (Å²) in [6, 6.07) is 18.5. The molecular weight excluding hydrogens is 362 g/mol. The molecule has 0 fully saturated rings. The molecule has 6 nitrogen and oxygen atoms in total. The molecule has 3 rings (SSSR count). The number of hydrogen-bond acceptors (Lipinski definition) is 3. The van der Waals surface area contributed by atoms with E-state index < -0.39 is 0 Å². The van der Waals surface area contributed by atoms with E-state index in [0.29, 0.717) is 13.1 Å². The Bertz CT molecular complexity index is 877. The summed E-state index contributed by atoms with van der Waals surface area (Å²) in [4.78, 5) is 8.81. The Labute approximate surface area is 172 Å². The van der Waals surface area contributed by atoms with Crippen molar-refractivity contribution in [1.29, 1.82) is 0 Å². The fourth-order valence-electron chi connectivity index (χ4n) is 3.16. The van der Waals surface area contributed by atoms with Gasteiger partial charge in [0.05, 0.1) is 19.5 Å². The molecule has 0 radical (unpaired) electrons. The molecule has 0 saturated heterocycles. The van der Waals surface area contributed by atoms with Gasteiger partial charge < -0.3 is 20.3 Å². The number of benzene rings is 2. The zero-order valence-electron chi connectivity index (χ0n) is 16.8. The minimum atomic E-state index is 0.0264. The number of guanidine groups is 1. The SMILES string of the molecule is CCNC(=NCc1cccc(Cn2ccnc2)c1)NCC(CO)c1ccccc1. The van der Waals surface area contributed by atoms with E-state index in [2.05, 4.69) is 39.9 Å². The lowest BCUT2D eigenvalue weighted by Crippen LogP contribution is -2.39. The topological polar surface area (TPSA) is 74.5 Å². The number of aliphatic hydroxyl groups is 1. The monoisotopic (exact) mass is 391 g/mol. The number of nitrogens with zero attached hydrogens (tertiary/aromatic N) is 3. The number of aliphatic hydroxyl groups excluding tert-OH is 1. The first-order valence-electron chi connectivity index (χ1n) is 10.00. The molecule has 1 aromatic heterocycles. The number of rotatable bonds is 9. The Kier molecular flexibility index (Phi) is 7.83. The fraction of sp³-hybridized carbons (Fsp3) is 0.304. The van der Waals surface area contributed by atoms with Gasteiger partial charge in [0, 0.05) is 37.9 Å². The molecule has 29 heavy (non-hydrogen) atoms. The van der Waals surface area contributed by atoms with Gasteiger partial charge in [-0.2, -0.15) is 0 Å². The van der Waals surface area contributed by atoms with Crippen LogP contribution in [0.5, 0.6) is 0 Å². The van der Waals surface area contributed by atoms with Gasteiger partial charge in [0.2, 0.25) is 0 Å². The van der Waals surface area contributed by atoms with E-state index in [-0.39, 0.29) is 12.5 Å². The molecule has 0 aliphatic heterocycles. The quantitative estimate of drug-likeness (QED) is 0.387. The van der Waals surface area contributed by atoms with E-state index in [9.17, 15) is 5.11 Å². The first-order valence-corrected chi connectivity index (χ1v) is 10.00. The molecular formula is C23H29N5O. The number of aliphatic imine (C=N–C) groups is 1. The Balaban J connectivity index is 1.61. The summed E-state index contributed by atoms with van der Waals surface area (Å²) < 4.78 is 2.05. The van der Waals surface area contributed by atoms with Crippen molar-refractivity contribution in [2.75, 3.05) is 19.7 Å². The summed E-state index contributed by atoms with van der Waals surface area (Å²) in [7, 11) is 0. The molecule has 0 bridgehead atoms. The predicted octanol–water partition coefficient (Wildman–Crippen LogP) is 2.76. The standard InChI is InChI=1S/C23H29N5O/c1-2-25-23(27-15-22(17-29)21-9-4-3-5-10-21)26-14-19-7-6-8-20(13-19)16-28-12-11-24-18-28/h3-13,18,22,29H,2,14-17H2,1H3,(H2,25,26,27). The average Bonchev–Trinajstić information content (AvgIpc) is 3.26. The van der Waals surface area contributed by atoms with Crippen LogP contribution in [-0.4, -0.2) is 40.3 Å². The molecule has 152 valence electrons. The summed E-state index contributed by atoms with van der Waals surface area (Å²) in [6.45, 7) is 4.92. The van der Waals surface area contributed by atoms with Gasteiger partial charge >= 0.3 is 0 Å². The zero-order valence-corrected chi connectivity index (χ0v) is 16.8. The van der Waals surface area contributed by atoms with Crippen molar-refractivity contribution in [3.8, 4) is 0 Å². The number of hydrogen-bond donors (Lipinski definition) is 3. The smallest absolute Gasteiger partial charge is 0.191 e. The molecule has 0 aliphatic carbocycles. The van der Waals surface area contributed by atoms with Crippen LogP contribution in [-0.2, 0) is 13.1 Å². The van der Waals surface area contributed by atoms with Gasteiger partial charge in [0.15, 0.2) is 5.96 Å². The second-order valence-corrected chi connectivity index (χ2v) is 6.92. The third-order valence-electron chi connectivity index (χ3n) is 4.69. The first kappa shape index (κ1) is 20.6. The van der Waals surface area contributed by atoms with Crippen LogP contribution in [0.4, 0.5) is 0 Å². The average molecular weight is 392 g/mol. The summed E-state index contributed by atoms with van der Waals surface area (Å²) >= 11 is 0. The van der Waals surface area contributed by atoms with Crippen molar-refractivity contribution in [1.82, 2.24) is 20.2 Å². The molecule has 1 atom stereocenters. The second kappa shape index (κ2) is 11.0. The largest absolute Gasteiger partial charge is 0.396 e. The molecule has 2 aromatic carbocycles. The highest BCUT2D eigenvalue weighted by Gasteiger charge is 2.10. The van der Waals surface area contributed by atoms with Crippen molar-refractivity contribution in [3.63, 3.8) is 0 Å². The van der Waals surface area contributed by atoms with Crippen LogP contribution in [0, 0.1) is 0 Å². The molecule has 1 heterocycles. The van der Waals surface area contributed by atoms with Crippen LogP contribution < -0.4 is 10.6 Å². The number of nitrogens with one attached hydrogen (secondary N) is 2. The summed E-state index contributed by atoms with van der Waals surface area (Å²) in [5.41, 5.74) is 3.49. The molecule has 0 spiro atoms. The van der Waals surface area contributed by atoms with Crippen molar-refractivity contribution in [3.05, 3.63) is 90.0 Å². The van der Waals surface area contributed by atoms with E-state index in [1.54, 1.807) is 6.20 Å². The first-order chi connectivity index (χ1) is 14.3. The van der Waals surface area contributed by atoms with E-state index >= 15 is 0 Å². The van der Waals surface area contributed by atoms with Crippen LogP contribution in [0.15, 0.2) is 78.3 Å². The van der Waals surface area contributed by atoms with E-state index in [4.69, 9.17) is 4.99 Å². The molecule has 6 heteroatoms. The molecule has 0 saturated carbocycles. The van der Waals surface area contributed by atoms with Crippen LogP contribution in [0.25, 0.3) is 0 Å². The highest BCUT2D eigenvalue weighted by atomic mass is 16.3. The van der Waals surface area contributed by atoms with Crippen molar-refractivity contribution >= 4 is 5.96 Å². The third kappa shape index (κ3) is 6.47. The van der Waals surface area contributed by atoms with Gasteiger partial charge in [-0.25, -0.2) is 9.98 Å². The van der Waals surface area contributed by atoms with Gasteiger partial charge in [-0.05, 0) is 23.6 Å². The Morgan fingerprint density at radius 3 is 2.66 bits per heavy atom. The molecule has 3 N–H and O–H groups in total. The van der Waals surface area contributed by atoms with Gasteiger partial charge in [-0.1, -0.05) is 54.6 Å². The lowest BCUT2D eigenvalue weighted by atomic mass is 10.0. The van der Waals surface area contributed by atoms with Gasteiger partial charge in [-0.15, -0.1) is 0 Å². The van der Waals surface area contributed by atoms with Gasteiger partial charge in [-0.3, -0.25) is 0 Å². The fourth-order valence-corrected chi connectivity index (χ4v) is 3.16. The number of aromatic nitrogens is 2. The molecule has 1 unspecified atom stereocenters. The third-order valence-corrected chi connectivity index (χ3v) is 4.69. The highest BCUT2D eigenvalue weighted by molar-refractivity contribution is 5.79. The van der Waals surface area contributed by atoms with Gasteiger partial charge in [0.25, 0.3) is 0 Å². The predicted molar refractivity (Wildman–Crippen MR) is 117 cm³/mol. The zero-order chi connectivity index (χ0) is 20.3. The van der Waals surface area contributed by atoms with Crippen LogP contribution in [0.3, 0.4) is 0 Å². The maximum absolute atomic E-state index is 9.76. The highest BCUT2D eigenvalue weighted by Crippen LogP contribution is 2.13. The maximum atomic E-state index is 9.76. The van der Waals surface area contributed by atoms with Crippen LogP contribution in [0.2, 0.25) is 0 Å². The van der Waals surface area contributed by atoms with Crippen molar-refractivity contribution < 1.29 is 5.11 Å². The summed E-state index contributed by atoms with van der Waals surface area (Å²) in [6.07, 6.45) is 5.57. The van der Waals surface area contributed by atoms with Crippen molar-refractivity contribution in [2.45, 2.75) is 25.9 Å². The summed E-state index contributed by atoms with van der Waals surface area (Å²) in [5.74, 6) is 0.778. The molecule has 3 aromatic rings.